The molecule has 0 bridgehead atoms. The van der Waals surface area contributed by atoms with Crippen molar-refractivity contribution in [2.75, 3.05) is 21.7 Å². The third kappa shape index (κ3) is 12.8. The van der Waals surface area contributed by atoms with Gasteiger partial charge in [0.25, 0.3) is 0 Å². The summed E-state index contributed by atoms with van der Waals surface area (Å²) in [6.45, 7) is 3.58. The van der Waals surface area contributed by atoms with Gasteiger partial charge in [0.05, 0.1) is 32.6 Å². The zero-order chi connectivity index (χ0) is 53.5. The Morgan fingerprint density at radius 3 is 1.62 bits per heavy atom. The smallest absolute Gasteiger partial charge is 0.247 e. The van der Waals surface area contributed by atoms with E-state index < -0.39 is 26.2 Å². The standard InChI is InChI=1S/C16H17ClN6OS.C15H13N7O2S2.C14H15N7O2S2.10H2/c1-7-13(8(2)24)25-16(19-7)15-18-6-10(17)14(21-15)20-12-5-11(22-23-12)9-3-4-9;16-7-9-5-12(19-13-6-10(21-22-13)8-1-2-8)20-15(18-9)11-3-4-14(25-11)26(17,23)24;15-10-6-11(18-12-5-8(20-21-12)7-1-2-7)19-14(17-10)9-3-4-13(24-9)25(16,22)23;;;;;;;;;;/h5-6,8-9,24H,3-4H2,1-2H3,(H2,18,20,21,22,23);3-6,8H,1-2H2,(H2,17,23,24)(H2,18,19,20,21,22);3-7H,1-2H2,(H2,16,22,23)(H4,15,17,18,19,20,21);10*1H. The number of H-pyrrole nitrogens is 3. The molecule has 3 aliphatic carbocycles. The molecule has 76 heavy (non-hydrogen) atoms. The molecule has 25 nitrogen and oxygen atoms in total. The monoisotopic (exact) mass is 1160 g/mol. The highest BCUT2D eigenvalue weighted by Gasteiger charge is 2.28. The molecular weight excluding hydrogens is 1100 g/mol. The molecule has 3 aliphatic rings. The molecule has 412 valence electrons. The van der Waals surface area contributed by atoms with Crippen molar-refractivity contribution in [3.8, 4) is 38.3 Å². The third-order valence-corrected chi connectivity index (χ3v) is 18.1. The summed E-state index contributed by atoms with van der Waals surface area (Å²) >= 11 is 9.54. The van der Waals surface area contributed by atoms with Gasteiger partial charge in [0.15, 0.2) is 45.8 Å². The van der Waals surface area contributed by atoms with Crippen molar-refractivity contribution in [2.45, 2.75) is 84.6 Å². The molecule has 0 saturated heterocycles. The first-order chi connectivity index (χ1) is 36.3. The molecule has 31 heteroatoms. The number of sulfonamides is 2. The van der Waals surface area contributed by atoms with E-state index in [0.29, 0.717) is 84.1 Å². The average Bonchev–Trinajstić information content (AvgIpc) is 4.33. The zero-order valence-corrected chi connectivity index (χ0v) is 44.8. The molecule has 0 radical (unpaired) electrons. The van der Waals surface area contributed by atoms with Crippen LogP contribution >= 0.6 is 45.6 Å². The van der Waals surface area contributed by atoms with Crippen LogP contribution in [0.15, 0.2) is 69.2 Å². The quantitative estimate of drug-likeness (QED) is 0.0456. The molecule has 0 amide bonds. The summed E-state index contributed by atoms with van der Waals surface area (Å²) in [7, 11) is -7.55. The summed E-state index contributed by atoms with van der Waals surface area (Å²) in [5, 5.41) is 61.3. The number of rotatable bonds is 15. The van der Waals surface area contributed by atoms with E-state index in [1.807, 2.05) is 31.2 Å². The summed E-state index contributed by atoms with van der Waals surface area (Å²) < 4.78 is 45.8. The second kappa shape index (κ2) is 21.4. The summed E-state index contributed by atoms with van der Waals surface area (Å²) in [5.74, 6) is 6.24. The van der Waals surface area contributed by atoms with E-state index in [-0.39, 0.29) is 40.0 Å². The minimum absolute atomic E-state index is 0. The summed E-state index contributed by atoms with van der Waals surface area (Å²) in [6, 6.07) is 16.9. The van der Waals surface area contributed by atoms with Crippen LogP contribution in [0.4, 0.5) is 40.7 Å². The number of aromatic nitrogens is 13. The van der Waals surface area contributed by atoms with Crippen molar-refractivity contribution >= 4 is 106 Å². The number of aryl methyl sites for hydroxylation is 1. The van der Waals surface area contributed by atoms with Gasteiger partial charge in [-0.15, -0.1) is 34.0 Å². The topological polar surface area (TPSA) is 403 Å². The molecule has 3 fully saturated rings. The summed E-state index contributed by atoms with van der Waals surface area (Å²) in [6.07, 6.45) is 8.05. The van der Waals surface area contributed by atoms with Crippen molar-refractivity contribution < 1.29 is 36.2 Å². The Balaban J connectivity index is 0.00000119. The first kappa shape index (κ1) is 52.1. The van der Waals surface area contributed by atoms with Crippen LogP contribution in [0.25, 0.3) is 32.2 Å². The number of halogens is 1. The Kier molecular flexibility index (Phi) is 14.6. The molecule has 9 heterocycles. The second-order valence-electron chi connectivity index (χ2n) is 17.8. The van der Waals surface area contributed by atoms with Gasteiger partial charge in [-0.2, -0.15) is 20.6 Å². The number of aromatic amines is 3. The van der Waals surface area contributed by atoms with Crippen LogP contribution in [0.1, 0.15) is 117 Å². The normalized spacial score (nSPS) is 14.7. The first-order valence-corrected chi connectivity index (χ1v) is 29.1. The van der Waals surface area contributed by atoms with Gasteiger partial charge in [-0.3, -0.25) is 15.3 Å². The van der Waals surface area contributed by atoms with E-state index in [1.165, 1.54) is 55.2 Å². The highest BCUT2D eigenvalue weighted by molar-refractivity contribution is 7.91. The third-order valence-electron chi connectivity index (χ3n) is 11.5. The molecule has 12 rings (SSSR count). The number of nitriles is 1. The Morgan fingerprint density at radius 1 is 0.684 bits per heavy atom. The molecule has 13 N–H and O–H groups in total. The molecule has 0 aliphatic heterocycles. The number of nitrogen functional groups attached to an aromatic ring is 1. The minimum Gasteiger partial charge on any atom is -0.388 e. The Morgan fingerprint density at radius 2 is 1.17 bits per heavy atom. The largest absolute Gasteiger partial charge is 0.388 e. The first-order valence-electron chi connectivity index (χ1n) is 23.2. The van der Waals surface area contributed by atoms with Gasteiger partial charge >= 0.3 is 0 Å². The number of anilines is 7. The lowest BCUT2D eigenvalue weighted by Gasteiger charge is -2.05. The fourth-order valence-electron chi connectivity index (χ4n) is 7.35. The molecule has 0 spiro atoms. The molecule has 9 aromatic heterocycles. The Hall–Kier alpha value is -7.34. The molecule has 1 atom stereocenters. The number of nitrogens with two attached hydrogens (primary N) is 3. The van der Waals surface area contributed by atoms with Gasteiger partial charge in [-0.05, 0) is 76.6 Å². The number of primary sulfonamides is 2. The number of thiazole rings is 1. The predicted octanol–water partition coefficient (Wildman–Crippen LogP) is 10.3. The number of aliphatic hydroxyl groups excluding tert-OH is 1. The lowest BCUT2D eigenvalue weighted by Crippen LogP contribution is -2.09. The van der Waals surface area contributed by atoms with Crippen LogP contribution in [0, 0.1) is 18.3 Å². The van der Waals surface area contributed by atoms with E-state index in [1.54, 1.807) is 31.3 Å². The molecule has 1 unspecified atom stereocenters. The SMILES string of the molecule is Cc1nc(-c2ncc(Cl)c(Nc3cc(C4CC4)[nH]n3)n2)sc1C(C)O.N#Cc1cc(Nc2cc(C3CC3)[nH]n2)nc(-c2ccc(S(N)(=O)=O)s2)n1.Nc1cc(Nc2cc(C3CC3)[nH]n2)nc(-c2ccc(S(N)(=O)=O)s2)n1.[HH].[HH].[HH].[HH].[HH].[HH].[HH].[HH].[HH].[HH]. The zero-order valence-electron chi connectivity index (χ0n) is 40.0. The maximum absolute atomic E-state index is 11.4. The van der Waals surface area contributed by atoms with Crippen molar-refractivity contribution in [3.63, 3.8) is 0 Å². The molecule has 9 aromatic rings. The van der Waals surface area contributed by atoms with E-state index >= 15 is 0 Å². The number of thiophene rings is 2. The molecule has 0 aromatic carbocycles. The number of nitrogens with zero attached hydrogens (tertiary/aromatic N) is 11. The van der Waals surface area contributed by atoms with Crippen molar-refractivity contribution in [2.24, 2.45) is 10.3 Å². The van der Waals surface area contributed by atoms with E-state index in [4.69, 9.17) is 27.6 Å². The van der Waals surface area contributed by atoms with Crippen LogP contribution in [-0.4, -0.2) is 87.4 Å². The summed E-state index contributed by atoms with van der Waals surface area (Å²) in [5.41, 5.74) is 10.1. The number of hydrogen-bond donors (Lipinski definition) is 10. The van der Waals surface area contributed by atoms with Crippen LogP contribution in [-0.2, 0) is 20.0 Å². The van der Waals surface area contributed by atoms with E-state index in [9.17, 15) is 27.2 Å². The minimum atomic E-state index is -3.80. The fraction of sp³-hybridized carbons (Fsp3) is 0.267. The van der Waals surface area contributed by atoms with E-state index in [2.05, 4.69) is 81.4 Å². The number of aliphatic hydroxyl groups is 1. The Labute approximate surface area is 465 Å². The predicted molar refractivity (Wildman–Crippen MR) is 309 cm³/mol. The van der Waals surface area contributed by atoms with Crippen LogP contribution < -0.4 is 32.0 Å². The lowest BCUT2D eigenvalue weighted by molar-refractivity contribution is 0.202. The maximum Gasteiger partial charge on any atom is 0.247 e. The van der Waals surface area contributed by atoms with Gasteiger partial charge in [0.2, 0.25) is 20.0 Å². The van der Waals surface area contributed by atoms with Crippen LogP contribution in [0.2, 0.25) is 5.02 Å². The Bertz CT molecular complexity index is 3910. The van der Waals surface area contributed by atoms with Crippen LogP contribution in [0.3, 0.4) is 0 Å². The highest BCUT2D eigenvalue weighted by Crippen LogP contribution is 2.42. The number of nitrogens with one attached hydrogen (secondary N) is 6. The van der Waals surface area contributed by atoms with E-state index in [0.717, 1.165) is 63.2 Å². The molecule has 3 saturated carbocycles. The van der Waals surface area contributed by atoms with Gasteiger partial charge in [-0.1, -0.05) is 11.6 Å². The van der Waals surface area contributed by atoms with Crippen molar-refractivity contribution in [1.82, 2.24) is 65.5 Å². The highest BCUT2D eigenvalue weighted by atomic mass is 35.5. The maximum atomic E-state index is 11.4. The lowest BCUT2D eigenvalue weighted by atomic mass is 10.3. The molecular formula is C45H65ClN20O5S5. The van der Waals surface area contributed by atoms with Crippen LogP contribution in [0.5, 0.6) is 0 Å². The van der Waals surface area contributed by atoms with Gasteiger partial charge in [-0.25, -0.2) is 62.0 Å². The fourth-order valence-corrected chi connectivity index (χ4v) is 11.8. The average molecular weight is 1160 g/mol. The summed E-state index contributed by atoms with van der Waals surface area (Å²) in [4.78, 5) is 32.1. The second-order valence-corrected chi connectivity index (χ2v) is 24.9. The number of hydrogen-bond acceptors (Lipinski definition) is 23. The van der Waals surface area contributed by atoms with Crippen molar-refractivity contribution in [3.05, 3.63) is 99.2 Å². The van der Waals surface area contributed by atoms with Gasteiger partial charge in [0.1, 0.15) is 42.7 Å². The van der Waals surface area contributed by atoms with Crippen molar-refractivity contribution in [1.29, 1.82) is 5.26 Å². The van der Waals surface area contributed by atoms with Gasteiger partial charge < -0.3 is 26.8 Å². The van der Waals surface area contributed by atoms with Gasteiger partial charge in [0, 0.05) is 79.4 Å².